The van der Waals surface area contributed by atoms with E-state index in [-0.39, 0.29) is 23.7 Å². The monoisotopic (exact) mass is 322 g/mol. The van der Waals surface area contributed by atoms with Crippen LogP contribution in [0, 0.1) is 5.41 Å². The molecule has 3 rings (SSSR count). The van der Waals surface area contributed by atoms with Crippen molar-refractivity contribution in [2.75, 3.05) is 19.6 Å². The summed E-state index contributed by atoms with van der Waals surface area (Å²) in [5.74, 6) is 0.160. The van der Waals surface area contributed by atoms with Crippen LogP contribution in [0.2, 0.25) is 0 Å². The van der Waals surface area contributed by atoms with Crippen LogP contribution in [-0.2, 0) is 24.1 Å². The molecular weight excluding hydrogens is 296 g/mol. The molecule has 3 nitrogen and oxygen atoms in total. The Morgan fingerprint density at radius 2 is 1.95 bits per heavy atom. The molecule has 1 aromatic carbocycles. The van der Waals surface area contributed by atoms with Crippen LogP contribution in [0.25, 0.3) is 0 Å². The number of amides is 1. The van der Waals surface area contributed by atoms with Gasteiger partial charge in [-0.1, -0.05) is 25.1 Å². The molecule has 1 amide bonds. The van der Waals surface area contributed by atoms with Crippen LogP contribution in [0.5, 0.6) is 0 Å². The molecule has 0 spiro atoms. The average molecular weight is 323 g/mol. The zero-order valence-electron chi connectivity index (χ0n) is 13.4. The smallest absolute Gasteiger partial charge is 0.224 e. The van der Waals surface area contributed by atoms with E-state index in [0.29, 0.717) is 6.42 Å². The number of hydrogen-bond acceptors (Lipinski definition) is 2. The van der Waals surface area contributed by atoms with Crippen LogP contribution in [0.1, 0.15) is 42.9 Å². The van der Waals surface area contributed by atoms with Gasteiger partial charge >= 0.3 is 0 Å². The second-order valence-electron chi connectivity index (χ2n) is 6.97. The first-order valence-electron chi connectivity index (χ1n) is 8.23. The Hall–Kier alpha value is -1.06. The molecule has 22 heavy (non-hydrogen) atoms. The number of rotatable bonds is 4. The average Bonchev–Trinajstić information content (AvgIpc) is 2.94. The van der Waals surface area contributed by atoms with Crippen LogP contribution in [-0.4, -0.2) is 25.5 Å². The molecule has 0 saturated carbocycles. The van der Waals surface area contributed by atoms with Gasteiger partial charge in [0, 0.05) is 6.54 Å². The summed E-state index contributed by atoms with van der Waals surface area (Å²) in [4.78, 5) is 12.2. The van der Waals surface area contributed by atoms with Gasteiger partial charge in [-0.25, -0.2) is 0 Å². The van der Waals surface area contributed by atoms with E-state index >= 15 is 0 Å². The largest absolute Gasteiger partial charge is 0.355 e. The third-order valence-electron chi connectivity index (χ3n) is 5.05. The highest BCUT2D eigenvalue weighted by Crippen LogP contribution is 2.27. The Morgan fingerprint density at radius 3 is 2.73 bits per heavy atom. The molecule has 1 aromatic rings. The summed E-state index contributed by atoms with van der Waals surface area (Å²) in [6.07, 6.45) is 6.45. The van der Waals surface area contributed by atoms with Crippen molar-refractivity contribution in [3.63, 3.8) is 0 Å². The lowest BCUT2D eigenvalue weighted by molar-refractivity contribution is -0.121. The number of nitrogens with one attached hydrogen (secondary N) is 2. The summed E-state index contributed by atoms with van der Waals surface area (Å²) in [6, 6.07) is 6.56. The minimum atomic E-state index is 0. The zero-order valence-corrected chi connectivity index (χ0v) is 14.2. The van der Waals surface area contributed by atoms with Gasteiger partial charge in [0.25, 0.3) is 0 Å². The Kier molecular flexibility index (Phi) is 5.87. The minimum absolute atomic E-state index is 0. The van der Waals surface area contributed by atoms with Crippen molar-refractivity contribution in [2.45, 2.75) is 45.4 Å². The maximum atomic E-state index is 12.2. The van der Waals surface area contributed by atoms with E-state index in [9.17, 15) is 4.79 Å². The maximum absolute atomic E-state index is 12.2. The van der Waals surface area contributed by atoms with Crippen LogP contribution >= 0.6 is 12.4 Å². The van der Waals surface area contributed by atoms with Crippen LogP contribution in [0.3, 0.4) is 0 Å². The lowest BCUT2D eigenvalue weighted by atomic mass is 9.81. The Morgan fingerprint density at radius 1 is 1.23 bits per heavy atom. The van der Waals surface area contributed by atoms with E-state index in [2.05, 4.69) is 35.8 Å². The standard InChI is InChI=1S/C18H26N2O.ClH/c1-18(7-9-19-10-8-18)13-20-17(21)12-14-5-6-15-3-2-4-16(15)11-14;/h5-6,11,19H,2-4,7-10,12-13H2,1H3,(H,20,21);1H. The molecule has 122 valence electrons. The van der Waals surface area contributed by atoms with E-state index in [1.165, 1.54) is 30.4 Å². The molecule has 2 N–H and O–H groups in total. The van der Waals surface area contributed by atoms with Gasteiger partial charge in [-0.2, -0.15) is 0 Å². The quantitative estimate of drug-likeness (QED) is 0.894. The number of benzene rings is 1. The van der Waals surface area contributed by atoms with Gasteiger partial charge in [0.2, 0.25) is 5.91 Å². The highest BCUT2D eigenvalue weighted by molar-refractivity contribution is 5.85. The van der Waals surface area contributed by atoms with E-state index in [1.807, 2.05) is 0 Å². The molecule has 1 aliphatic heterocycles. The number of carbonyl (C=O) groups excluding carboxylic acids is 1. The number of aryl methyl sites for hydroxylation is 2. The van der Waals surface area contributed by atoms with Crippen LogP contribution in [0.15, 0.2) is 18.2 Å². The topological polar surface area (TPSA) is 41.1 Å². The van der Waals surface area contributed by atoms with Gasteiger partial charge in [0.05, 0.1) is 6.42 Å². The summed E-state index contributed by atoms with van der Waals surface area (Å²) in [6.45, 7) is 5.22. The lowest BCUT2D eigenvalue weighted by Crippen LogP contribution is -2.43. The summed E-state index contributed by atoms with van der Waals surface area (Å²) < 4.78 is 0. The minimum Gasteiger partial charge on any atom is -0.355 e. The summed E-state index contributed by atoms with van der Waals surface area (Å²) >= 11 is 0. The van der Waals surface area contributed by atoms with E-state index in [1.54, 1.807) is 0 Å². The normalized spacial score (nSPS) is 19.1. The van der Waals surface area contributed by atoms with Gasteiger partial charge in [0.15, 0.2) is 0 Å². The molecule has 1 fully saturated rings. The van der Waals surface area contributed by atoms with Gasteiger partial charge < -0.3 is 10.6 Å². The first kappa shape index (κ1) is 17.3. The Labute approximate surface area is 139 Å². The zero-order chi connectivity index (χ0) is 14.7. The third-order valence-corrected chi connectivity index (χ3v) is 5.05. The molecular formula is C18H27ClN2O. The number of fused-ring (bicyclic) bond motifs is 1. The number of piperidine rings is 1. The molecule has 0 radical (unpaired) electrons. The van der Waals surface area contributed by atoms with E-state index < -0.39 is 0 Å². The highest BCUT2D eigenvalue weighted by atomic mass is 35.5. The van der Waals surface area contributed by atoms with Crippen LogP contribution < -0.4 is 10.6 Å². The molecule has 4 heteroatoms. The van der Waals surface area contributed by atoms with Crippen molar-refractivity contribution in [3.05, 3.63) is 34.9 Å². The number of carbonyl (C=O) groups is 1. The fourth-order valence-electron chi connectivity index (χ4n) is 3.50. The molecule has 1 saturated heterocycles. The first-order valence-corrected chi connectivity index (χ1v) is 8.23. The second-order valence-corrected chi connectivity index (χ2v) is 6.97. The fraction of sp³-hybridized carbons (Fsp3) is 0.611. The van der Waals surface area contributed by atoms with Crippen molar-refractivity contribution in [1.82, 2.24) is 10.6 Å². The number of halogens is 1. The summed E-state index contributed by atoms with van der Waals surface area (Å²) in [7, 11) is 0. The number of hydrogen-bond donors (Lipinski definition) is 2. The van der Waals surface area contributed by atoms with Crippen molar-refractivity contribution in [2.24, 2.45) is 5.41 Å². The molecule has 0 unspecified atom stereocenters. The van der Waals surface area contributed by atoms with Crippen LogP contribution in [0.4, 0.5) is 0 Å². The van der Waals surface area contributed by atoms with Crippen molar-refractivity contribution in [1.29, 1.82) is 0 Å². The first-order chi connectivity index (χ1) is 10.1. The van der Waals surface area contributed by atoms with E-state index in [4.69, 9.17) is 0 Å². The predicted molar refractivity (Wildman–Crippen MR) is 92.6 cm³/mol. The molecule has 1 heterocycles. The highest BCUT2D eigenvalue weighted by Gasteiger charge is 2.26. The Bertz CT molecular complexity index is 524. The summed E-state index contributed by atoms with van der Waals surface area (Å²) in [5.41, 5.74) is 4.34. The van der Waals surface area contributed by atoms with E-state index in [0.717, 1.165) is 38.0 Å². The second kappa shape index (κ2) is 7.47. The van der Waals surface area contributed by atoms with Gasteiger partial charge in [-0.3, -0.25) is 4.79 Å². The van der Waals surface area contributed by atoms with Gasteiger partial charge in [0.1, 0.15) is 0 Å². The van der Waals surface area contributed by atoms with Crippen molar-refractivity contribution < 1.29 is 4.79 Å². The lowest BCUT2D eigenvalue weighted by Gasteiger charge is -2.34. The summed E-state index contributed by atoms with van der Waals surface area (Å²) in [5, 5.41) is 6.52. The maximum Gasteiger partial charge on any atom is 0.224 e. The van der Waals surface area contributed by atoms with Gasteiger partial charge in [-0.15, -0.1) is 12.4 Å². The molecule has 0 aromatic heterocycles. The molecule has 1 aliphatic carbocycles. The van der Waals surface area contributed by atoms with Crippen molar-refractivity contribution >= 4 is 18.3 Å². The SMILES string of the molecule is CC1(CNC(=O)Cc2ccc3c(c2)CCC3)CCNCC1.Cl. The van der Waals surface area contributed by atoms with Gasteiger partial charge in [-0.05, 0) is 67.3 Å². The predicted octanol–water partition coefficient (Wildman–Crippen LogP) is 2.65. The molecule has 0 bridgehead atoms. The Balaban J connectivity index is 0.00000176. The van der Waals surface area contributed by atoms with Crippen molar-refractivity contribution in [3.8, 4) is 0 Å². The third kappa shape index (κ3) is 4.23. The fourth-order valence-corrected chi connectivity index (χ4v) is 3.50. The molecule has 2 aliphatic rings. The molecule has 0 atom stereocenters.